The molecule has 1 aliphatic heterocycles. The second-order valence-electron chi connectivity index (χ2n) is 4.95. The maximum absolute atomic E-state index is 12.3. The average molecular weight is 363 g/mol. The van der Waals surface area contributed by atoms with E-state index in [0.29, 0.717) is 0 Å². The van der Waals surface area contributed by atoms with Crippen LogP contribution in [0.2, 0.25) is 5.02 Å². The molecular weight excluding hydrogens is 347 g/mol. The maximum atomic E-state index is 12.3. The van der Waals surface area contributed by atoms with Crippen LogP contribution in [0.15, 0.2) is 29.4 Å². The summed E-state index contributed by atoms with van der Waals surface area (Å²) in [5, 5.41) is 7.19. The lowest BCUT2D eigenvalue weighted by Gasteiger charge is -2.08. The molecule has 6 nitrogen and oxygen atoms in total. The lowest BCUT2D eigenvalue weighted by Crippen LogP contribution is -2.25. The minimum absolute atomic E-state index is 0. The number of nitrogens with one attached hydrogen (secondary N) is 2. The molecule has 0 spiro atoms. The molecule has 2 N–H and O–H groups in total. The number of benzene rings is 1. The van der Waals surface area contributed by atoms with Gasteiger partial charge in [0, 0.05) is 26.7 Å². The van der Waals surface area contributed by atoms with E-state index < -0.39 is 10.0 Å². The molecule has 0 amide bonds. The normalized spacial score (nSPS) is 13.7. The van der Waals surface area contributed by atoms with Gasteiger partial charge in [0.15, 0.2) is 5.03 Å². The van der Waals surface area contributed by atoms with E-state index in [0.717, 1.165) is 18.7 Å². The Hall–Kier alpha value is -1.12. The van der Waals surface area contributed by atoms with Gasteiger partial charge in [0.1, 0.15) is 0 Å². The standard InChI is InChI=1S/C13H15ClN4O2S.ClH/c1-18-13(12(14)8-16-18)21(19,20)17-5-9-2-3-10-6-15-7-11(10)4-9;/h2-4,8,15,17H,5-7H2,1H3;1H. The SMILES string of the molecule is Cl.Cn1ncc(Cl)c1S(=O)(=O)NCc1ccc2c(c1)CNC2. The molecule has 2 aromatic rings. The van der Waals surface area contributed by atoms with Gasteiger partial charge in [-0.05, 0) is 16.7 Å². The lowest BCUT2D eigenvalue weighted by molar-refractivity contribution is 0.563. The molecule has 0 bridgehead atoms. The van der Waals surface area contributed by atoms with Crippen molar-refractivity contribution >= 4 is 34.0 Å². The van der Waals surface area contributed by atoms with Crippen LogP contribution in [0.5, 0.6) is 0 Å². The molecule has 22 heavy (non-hydrogen) atoms. The van der Waals surface area contributed by atoms with Crippen LogP contribution in [-0.4, -0.2) is 18.2 Å². The number of hydrogen-bond donors (Lipinski definition) is 2. The molecule has 3 rings (SSSR count). The number of aryl methyl sites for hydroxylation is 1. The Morgan fingerprint density at radius 3 is 2.77 bits per heavy atom. The van der Waals surface area contributed by atoms with E-state index in [1.807, 2.05) is 18.2 Å². The zero-order valence-corrected chi connectivity index (χ0v) is 14.2. The summed E-state index contributed by atoms with van der Waals surface area (Å²) in [6.07, 6.45) is 1.32. The monoisotopic (exact) mass is 362 g/mol. The van der Waals surface area contributed by atoms with Crippen molar-refractivity contribution in [2.24, 2.45) is 7.05 Å². The van der Waals surface area contributed by atoms with Crippen molar-refractivity contribution in [3.8, 4) is 0 Å². The predicted octanol–water partition coefficient (Wildman–Crippen LogP) is 1.58. The molecule has 120 valence electrons. The quantitative estimate of drug-likeness (QED) is 0.865. The van der Waals surface area contributed by atoms with Crippen LogP contribution in [0.3, 0.4) is 0 Å². The minimum atomic E-state index is -3.69. The first-order valence-electron chi connectivity index (χ1n) is 6.46. The van der Waals surface area contributed by atoms with E-state index in [-0.39, 0.29) is 29.0 Å². The van der Waals surface area contributed by atoms with Crippen molar-refractivity contribution in [1.29, 1.82) is 0 Å². The Kier molecular flexibility index (Phi) is 5.14. The van der Waals surface area contributed by atoms with E-state index in [9.17, 15) is 8.42 Å². The van der Waals surface area contributed by atoms with Crippen molar-refractivity contribution in [2.75, 3.05) is 0 Å². The van der Waals surface area contributed by atoms with Crippen LogP contribution in [0.1, 0.15) is 16.7 Å². The Balaban J connectivity index is 0.00000176. The minimum Gasteiger partial charge on any atom is -0.309 e. The van der Waals surface area contributed by atoms with Crippen molar-refractivity contribution in [2.45, 2.75) is 24.7 Å². The second-order valence-corrected chi connectivity index (χ2v) is 7.04. The van der Waals surface area contributed by atoms with Gasteiger partial charge in [-0.1, -0.05) is 29.8 Å². The van der Waals surface area contributed by atoms with Gasteiger partial charge in [0.25, 0.3) is 10.0 Å². The fourth-order valence-electron chi connectivity index (χ4n) is 2.41. The van der Waals surface area contributed by atoms with Crippen LogP contribution < -0.4 is 10.0 Å². The summed E-state index contributed by atoms with van der Waals surface area (Å²) in [5.41, 5.74) is 3.39. The van der Waals surface area contributed by atoms with E-state index in [1.54, 1.807) is 7.05 Å². The van der Waals surface area contributed by atoms with Crippen LogP contribution >= 0.6 is 24.0 Å². The highest BCUT2D eigenvalue weighted by molar-refractivity contribution is 7.89. The number of fused-ring (bicyclic) bond motifs is 1. The highest BCUT2D eigenvalue weighted by Gasteiger charge is 2.22. The lowest BCUT2D eigenvalue weighted by atomic mass is 10.1. The third kappa shape index (κ3) is 3.28. The number of sulfonamides is 1. The maximum Gasteiger partial charge on any atom is 0.259 e. The van der Waals surface area contributed by atoms with E-state index in [1.165, 1.54) is 22.0 Å². The average Bonchev–Trinajstić information content (AvgIpc) is 3.02. The van der Waals surface area contributed by atoms with Gasteiger partial charge in [-0.3, -0.25) is 4.68 Å². The van der Waals surface area contributed by atoms with Gasteiger partial charge in [-0.15, -0.1) is 12.4 Å². The fourth-order valence-corrected chi connectivity index (χ4v) is 4.08. The van der Waals surface area contributed by atoms with Crippen molar-refractivity contribution in [3.63, 3.8) is 0 Å². The molecule has 1 aromatic carbocycles. The van der Waals surface area contributed by atoms with Gasteiger partial charge in [-0.2, -0.15) is 5.10 Å². The molecule has 0 atom stereocenters. The number of halogens is 2. The first-order chi connectivity index (χ1) is 9.97. The number of aromatic nitrogens is 2. The molecular formula is C13H16Cl2N4O2S. The zero-order valence-electron chi connectivity index (χ0n) is 11.8. The van der Waals surface area contributed by atoms with Gasteiger partial charge in [0.2, 0.25) is 0 Å². The highest BCUT2D eigenvalue weighted by Crippen LogP contribution is 2.21. The van der Waals surface area contributed by atoms with Crippen LogP contribution in [0, 0.1) is 0 Å². The third-order valence-electron chi connectivity index (χ3n) is 3.46. The summed E-state index contributed by atoms with van der Waals surface area (Å²) in [5.74, 6) is 0. The Morgan fingerprint density at radius 2 is 2.09 bits per heavy atom. The third-order valence-corrected chi connectivity index (χ3v) is 5.37. The van der Waals surface area contributed by atoms with Gasteiger partial charge >= 0.3 is 0 Å². The van der Waals surface area contributed by atoms with Crippen molar-refractivity contribution in [1.82, 2.24) is 19.8 Å². The molecule has 0 aliphatic carbocycles. The van der Waals surface area contributed by atoms with E-state index in [2.05, 4.69) is 15.1 Å². The van der Waals surface area contributed by atoms with Crippen molar-refractivity contribution < 1.29 is 8.42 Å². The summed E-state index contributed by atoms with van der Waals surface area (Å²) < 4.78 is 28.4. The topological polar surface area (TPSA) is 76.0 Å². The van der Waals surface area contributed by atoms with Crippen LogP contribution in [0.4, 0.5) is 0 Å². The van der Waals surface area contributed by atoms with Crippen molar-refractivity contribution in [3.05, 3.63) is 46.1 Å². The van der Waals surface area contributed by atoms with Crippen LogP contribution in [0.25, 0.3) is 0 Å². The van der Waals surface area contributed by atoms with Gasteiger partial charge in [-0.25, -0.2) is 13.1 Å². The summed E-state index contributed by atoms with van der Waals surface area (Å²) in [4.78, 5) is 0. The highest BCUT2D eigenvalue weighted by atomic mass is 35.5. The molecule has 0 saturated carbocycles. The molecule has 2 heterocycles. The van der Waals surface area contributed by atoms with E-state index in [4.69, 9.17) is 11.6 Å². The van der Waals surface area contributed by atoms with Crippen LogP contribution in [-0.2, 0) is 36.7 Å². The summed E-state index contributed by atoms with van der Waals surface area (Å²) in [6, 6.07) is 5.97. The molecule has 0 radical (unpaired) electrons. The van der Waals surface area contributed by atoms with Gasteiger partial charge in [0.05, 0.1) is 11.2 Å². The second kappa shape index (κ2) is 6.55. The Labute approximate surface area is 140 Å². The Bertz CT molecular complexity index is 770. The molecule has 1 aliphatic rings. The molecule has 0 saturated heterocycles. The zero-order chi connectivity index (χ0) is 15.0. The number of rotatable bonds is 4. The Morgan fingerprint density at radius 1 is 1.36 bits per heavy atom. The van der Waals surface area contributed by atoms with E-state index >= 15 is 0 Å². The predicted molar refractivity (Wildman–Crippen MR) is 86.5 cm³/mol. The number of nitrogens with zero attached hydrogens (tertiary/aromatic N) is 2. The fraction of sp³-hybridized carbons (Fsp3) is 0.308. The summed E-state index contributed by atoms with van der Waals surface area (Å²) >= 11 is 5.88. The van der Waals surface area contributed by atoms with Gasteiger partial charge < -0.3 is 5.32 Å². The first-order valence-corrected chi connectivity index (χ1v) is 8.32. The summed E-state index contributed by atoms with van der Waals surface area (Å²) in [6.45, 7) is 1.91. The first kappa shape index (κ1) is 17.2. The summed E-state index contributed by atoms with van der Waals surface area (Å²) in [7, 11) is -2.14. The molecule has 0 fully saturated rings. The molecule has 9 heteroatoms. The number of hydrogen-bond acceptors (Lipinski definition) is 4. The molecule has 1 aromatic heterocycles. The largest absolute Gasteiger partial charge is 0.309 e. The smallest absolute Gasteiger partial charge is 0.259 e. The molecule has 0 unspecified atom stereocenters.